The maximum absolute atomic E-state index is 12.6. The number of carbonyl (C=O) groups excluding carboxylic acids is 1. The predicted molar refractivity (Wildman–Crippen MR) is 130 cm³/mol. The summed E-state index contributed by atoms with van der Waals surface area (Å²) in [6, 6.07) is 24.8. The minimum atomic E-state index is -0.349. The van der Waals surface area contributed by atoms with Gasteiger partial charge in [-0.05, 0) is 35.7 Å². The molecule has 1 unspecified atom stereocenters. The van der Waals surface area contributed by atoms with Gasteiger partial charge in [-0.3, -0.25) is 5.32 Å². The Hall–Kier alpha value is -3.68. The first-order valence-electron chi connectivity index (χ1n) is 10.2. The SMILES string of the molecule is COc1ccc(CC(N)c2csc(NC(=O)Nc3ccccc3-c3ccccc3)n2)cc1. The van der Waals surface area contributed by atoms with E-state index >= 15 is 0 Å². The van der Waals surface area contributed by atoms with Gasteiger partial charge in [-0.25, -0.2) is 9.78 Å². The Morgan fingerprint density at radius 3 is 2.47 bits per heavy atom. The maximum atomic E-state index is 12.6. The average molecular weight is 445 g/mol. The highest BCUT2D eigenvalue weighted by molar-refractivity contribution is 7.14. The first kappa shape index (κ1) is 21.5. The highest BCUT2D eigenvalue weighted by Crippen LogP contribution is 2.28. The lowest BCUT2D eigenvalue weighted by molar-refractivity contribution is 0.262. The van der Waals surface area contributed by atoms with Crippen molar-refractivity contribution < 1.29 is 9.53 Å². The van der Waals surface area contributed by atoms with Crippen LogP contribution < -0.4 is 21.1 Å². The van der Waals surface area contributed by atoms with Crippen LogP contribution >= 0.6 is 11.3 Å². The van der Waals surface area contributed by atoms with Crippen molar-refractivity contribution in [2.24, 2.45) is 5.73 Å². The minimum absolute atomic E-state index is 0.267. The average Bonchev–Trinajstić information content (AvgIpc) is 3.29. The first-order valence-corrected chi connectivity index (χ1v) is 11.1. The van der Waals surface area contributed by atoms with Crippen LogP contribution in [-0.2, 0) is 6.42 Å². The van der Waals surface area contributed by atoms with Gasteiger partial charge >= 0.3 is 6.03 Å². The number of urea groups is 1. The largest absolute Gasteiger partial charge is 0.497 e. The number of hydrogen-bond donors (Lipinski definition) is 3. The molecule has 0 bridgehead atoms. The summed E-state index contributed by atoms with van der Waals surface area (Å²) < 4.78 is 5.19. The number of thiazole rings is 1. The zero-order chi connectivity index (χ0) is 22.3. The molecule has 0 fully saturated rings. The van der Waals surface area contributed by atoms with Gasteiger partial charge in [0, 0.05) is 10.9 Å². The number of hydrogen-bond acceptors (Lipinski definition) is 5. The number of anilines is 2. The summed E-state index contributed by atoms with van der Waals surface area (Å²) >= 11 is 1.35. The van der Waals surface area contributed by atoms with E-state index in [0.29, 0.717) is 11.6 Å². The van der Waals surface area contributed by atoms with E-state index in [1.54, 1.807) is 7.11 Å². The third-order valence-corrected chi connectivity index (χ3v) is 5.77. The molecule has 7 heteroatoms. The minimum Gasteiger partial charge on any atom is -0.497 e. The second kappa shape index (κ2) is 10.1. The number of rotatable bonds is 7. The molecule has 2 amide bonds. The van der Waals surface area contributed by atoms with Crippen LogP contribution in [0.5, 0.6) is 5.75 Å². The van der Waals surface area contributed by atoms with Crippen LogP contribution in [0.25, 0.3) is 11.1 Å². The number of nitrogens with two attached hydrogens (primary N) is 1. The number of benzene rings is 3. The van der Waals surface area contributed by atoms with Crippen LogP contribution in [0.1, 0.15) is 17.3 Å². The second-order valence-corrected chi connectivity index (χ2v) is 8.09. The summed E-state index contributed by atoms with van der Waals surface area (Å²) in [7, 11) is 1.64. The van der Waals surface area contributed by atoms with E-state index in [0.717, 1.165) is 33.8 Å². The highest BCUT2D eigenvalue weighted by atomic mass is 32.1. The maximum Gasteiger partial charge on any atom is 0.325 e. The monoisotopic (exact) mass is 444 g/mol. The van der Waals surface area contributed by atoms with E-state index in [4.69, 9.17) is 10.5 Å². The van der Waals surface area contributed by atoms with Crippen LogP contribution in [0.15, 0.2) is 84.2 Å². The third-order valence-electron chi connectivity index (χ3n) is 5.00. The second-order valence-electron chi connectivity index (χ2n) is 7.23. The van der Waals surface area contributed by atoms with Gasteiger partial charge in [0.25, 0.3) is 0 Å². The van der Waals surface area contributed by atoms with Crippen molar-refractivity contribution >= 4 is 28.2 Å². The van der Waals surface area contributed by atoms with Crippen LogP contribution in [0.4, 0.5) is 15.6 Å². The van der Waals surface area contributed by atoms with Crippen molar-refractivity contribution in [2.45, 2.75) is 12.5 Å². The summed E-state index contributed by atoms with van der Waals surface area (Å²) in [6.07, 6.45) is 0.643. The Morgan fingerprint density at radius 2 is 1.72 bits per heavy atom. The van der Waals surface area contributed by atoms with Crippen LogP contribution in [0.3, 0.4) is 0 Å². The zero-order valence-corrected chi connectivity index (χ0v) is 18.4. The van der Waals surface area contributed by atoms with Crippen molar-refractivity contribution in [2.75, 3.05) is 17.7 Å². The normalized spacial score (nSPS) is 11.6. The lowest BCUT2D eigenvalue weighted by atomic mass is 10.0. The fourth-order valence-electron chi connectivity index (χ4n) is 3.35. The molecule has 3 aromatic carbocycles. The molecule has 0 aliphatic carbocycles. The zero-order valence-electron chi connectivity index (χ0n) is 17.6. The molecule has 162 valence electrons. The lowest BCUT2D eigenvalue weighted by Gasteiger charge is -2.11. The molecule has 0 saturated carbocycles. The molecule has 6 nitrogen and oxygen atoms in total. The van der Waals surface area contributed by atoms with Gasteiger partial charge in [-0.2, -0.15) is 0 Å². The van der Waals surface area contributed by atoms with Crippen molar-refractivity contribution in [3.8, 4) is 16.9 Å². The summed E-state index contributed by atoms with van der Waals surface area (Å²) in [6.45, 7) is 0. The summed E-state index contributed by atoms with van der Waals surface area (Å²) in [5.41, 5.74) is 10.9. The third kappa shape index (κ3) is 5.32. The van der Waals surface area contributed by atoms with E-state index in [2.05, 4.69) is 15.6 Å². The molecule has 0 saturated heterocycles. The van der Waals surface area contributed by atoms with Gasteiger partial charge in [0.05, 0.1) is 24.5 Å². The van der Waals surface area contributed by atoms with Gasteiger partial charge in [0.15, 0.2) is 5.13 Å². The van der Waals surface area contributed by atoms with Gasteiger partial charge in [0.2, 0.25) is 0 Å². The topological polar surface area (TPSA) is 89.3 Å². The summed E-state index contributed by atoms with van der Waals surface area (Å²) in [5.74, 6) is 0.808. The smallest absolute Gasteiger partial charge is 0.325 e. The van der Waals surface area contributed by atoms with Gasteiger partial charge in [0.1, 0.15) is 5.75 Å². The fraction of sp³-hybridized carbons (Fsp3) is 0.120. The van der Waals surface area contributed by atoms with Gasteiger partial charge in [-0.15, -0.1) is 11.3 Å². The molecule has 4 aromatic rings. The van der Waals surface area contributed by atoms with E-state index < -0.39 is 0 Å². The molecular formula is C25H24N4O2S. The molecule has 4 rings (SSSR count). The van der Waals surface area contributed by atoms with Crippen molar-refractivity contribution in [3.63, 3.8) is 0 Å². The van der Waals surface area contributed by atoms with Crippen LogP contribution in [0.2, 0.25) is 0 Å². The van der Waals surface area contributed by atoms with E-state index in [9.17, 15) is 4.79 Å². The molecule has 32 heavy (non-hydrogen) atoms. The van der Waals surface area contributed by atoms with Crippen molar-refractivity contribution in [1.82, 2.24) is 4.98 Å². The van der Waals surface area contributed by atoms with Crippen molar-refractivity contribution in [3.05, 3.63) is 95.5 Å². The molecule has 0 spiro atoms. The predicted octanol–water partition coefficient (Wildman–Crippen LogP) is 5.71. The Balaban J connectivity index is 1.39. The van der Waals surface area contributed by atoms with E-state index in [1.165, 1.54) is 11.3 Å². The lowest BCUT2D eigenvalue weighted by Crippen LogP contribution is -2.20. The fourth-order valence-corrected chi connectivity index (χ4v) is 4.12. The number of nitrogens with zero attached hydrogens (tertiary/aromatic N) is 1. The number of nitrogens with one attached hydrogen (secondary N) is 2. The molecular weight excluding hydrogens is 420 g/mol. The molecule has 0 aliphatic heterocycles. The first-order chi connectivity index (χ1) is 15.6. The Bertz CT molecular complexity index is 1180. The molecule has 4 N–H and O–H groups in total. The molecule has 1 heterocycles. The number of ether oxygens (including phenoxy) is 1. The molecule has 0 aliphatic rings. The van der Waals surface area contributed by atoms with Crippen LogP contribution in [-0.4, -0.2) is 18.1 Å². The molecule has 1 aromatic heterocycles. The Labute approximate surface area is 191 Å². The Kier molecular flexibility index (Phi) is 6.79. The molecule has 1 atom stereocenters. The number of para-hydroxylation sites is 1. The summed E-state index contributed by atoms with van der Waals surface area (Å²) in [4.78, 5) is 17.1. The Morgan fingerprint density at radius 1 is 1.00 bits per heavy atom. The van der Waals surface area contributed by atoms with Crippen molar-refractivity contribution in [1.29, 1.82) is 0 Å². The number of carbonyl (C=O) groups is 1. The molecule has 0 radical (unpaired) electrons. The van der Waals surface area contributed by atoms with E-state index in [-0.39, 0.29) is 12.1 Å². The summed E-state index contributed by atoms with van der Waals surface area (Å²) in [5, 5.41) is 8.11. The number of amides is 2. The number of aromatic nitrogens is 1. The van der Waals surface area contributed by atoms with Gasteiger partial charge < -0.3 is 15.8 Å². The van der Waals surface area contributed by atoms with Gasteiger partial charge in [-0.1, -0.05) is 60.7 Å². The standard InChI is InChI=1S/C25H24N4O2S/c1-31-19-13-11-17(12-14-19)15-21(26)23-16-32-25(28-23)29-24(30)27-22-10-6-5-9-20(22)18-7-3-2-4-8-18/h2-14,16,21H,15,26H2,1H3,(H2,27,28,29,30). The quantitative estimate of drug-likeness (QED) is 0.341. The van der Waals surface area contributed by atoms with E-state index in [1.807, 2.05) is 84.2 Å². The highest BCUT2D eigenvalue weighted by Gasteiger charge is 2.14. The van der Waals surface area contributed by atoms with Crippen LogP contribution in [0, 0.1) is 0 Å². The number of methoxy groups -OCH3 is 1.